The number of thiazole rings is 1. The molecule has 0 fully saturated rings. The van der Waals surface area contributed by atoms with Crippen molar-refractivity contribution in [1.29, 1.82) is 0 Å². The Morgan fingerprint density at radius 2 is 2.67 bits per heavy atom. The van der Waals surface area contributed by atoms with E-state index in [4.69, 9.17) is 0 Å². The number of rotatable bonds is 3. The maximum atomic E-state index is 11.1. The fourth-order valence-electron chi connectivity index (χ4n) is 0.643. The quantitative estimate of drug-likeness (QED) is 0.825. The second-order valence-corrected chi connectivity index (χ2v) is 4.41. The summed E-state index contributed by atoms with van der Waals surface area (Å²) in [6.45, 7) is 2.30. The highest BCUT2D eigenvalue weighted by atomic mass is 79.9. The van der Waals surface area contributed by atoms with Crippen molar-refractivity contribution < 1.29 is 4.79 Å². The van der Waals surface area contributed by atoms with Crippen LogP contribution in [-0.4, -0.2) is 15.7 Å². The van der Waals surface area contributed by atoms with Crippen molar-refractivity contribution in [2.75, 3.05) is 0 Å². The Morgan fingerprint density at radius 1 is 1.92 bits per heavy atom. The third-order valence-electron chi connectivity index (χ3n) is 1.29. The molecule has 66 valence electrons. The standard InChI is InChI=1S/C7H9BrN2OS/c1-5(8)7(11)9-2-6-3-12-4-10-6/h3-5H,2H2,1H3,(H,9,11). The van der Waals surface area contributed by atoms with Crippen LogP contribution in [0.3, 0.4) is 0 Å². The highest BCUT2D eigenvalue weighted by molar-refractivity contribution is 9.10. The first kappa shape index (κ1) is 9.67. The molecule has 0 radical (unpaired) electrons. The molecule has 0 aliphatic rings. The number of amides is 1. The molecule has 1 unspecified atom stereocenters. The van der Waals surface area contributed by atoms with Gasteiger partial charge in [0.05, 0.1) is 22.6 Å². The number of alkyl halides is 1. The Bertz CT molecular complexity index is 248. The van der Waals surface area contributed by atoms with Gasteiger partial charge in [-0.25, -0.2) is 4.98 Å². The zero-order valence-corrected chi connectivity index (χ0v) is 8.98. The average molecular weight is 249 g/mol. The molecule has 0 spiro atoms. The molecule has 0 aliphatic heterocycles. The molecule has 0 bridgehead atoms. The largest absolute Gasteiger partial charge is 0.349 e. The number of nitrogens with zero attached hydrogens (tertiary/aromatic N) is 1. The first-order chi connectivity index (χ1) is 5.70. The summed E-state index contributed by atoms with van der Waals surface area (Å²) in [5, 5.41) is 4.66. The molecule has 3 nitrogen and oxygen atoms in total. The number of hydrogen-bond donors (Lipinski definition) is 1. The minimum Gasteiger partial charge on any atom is -0.349 e. The van der Waals surface area contributed by atoms with Crippen LogP contribution in [0.25, 0.3) is 0 Å². The van der Waals surface area contributed by atoms with E-state index < -0.39 is 0 Å². The molecule has 1 heterocycles. The van der Waals surface area contributed by atoms with Gasteiger partial charge in [-0.2, -0.15) is 0 Å². The van der Waals surface area contributed by atoms with E-state index in [0.29, 0.717) is 6.54 Å². The predicted molar refractivity (Wildman–Crippen MR) is 52.3 cm³/mol. The van der Waals surface area contributed by atoms with Crippen LogP contribution in [0.15, 0.2) is 10.9 Å². The molecule has 1 rings (SSSR count). The lowest BCUT2D eigenvalue weighted by Crippen LogP contribution is -2.28. The molecule has 5 heteroatoms. The van der Waals surface area contributed by atoms with E-state index >= 15 is 0 Å². The molecular weight excluding hydrogens is 240 g/mol. The van der Waals surface area contributed by atoms with E-state index in [9.17, 15) is 4.79 Å². The van der Waals surface area contributed by atoms with Crippen LogP contribution in [0.1, 0.15) is 12.6 Å². The lowest BCUT2D eigenvalue weighted by atomic mass is 10.4. The van der Waals surface area contributed by atoms with Gasteiger partial charge in [-0.05, 0) is 6.92 Å². The average Bonchev–Trinajstić information content (AvgIpc) is 2.51. The first-order valence-electron chi connectivity index (χ1n) is 3.49. The fraction of sp³-hybridized carbons (Fsp3) is 0.429. The molecule has 1 N–H and O–H groups in total. The van der Waals surface area contributed by atoms with Crippen molar-refractivity contribution in [3.05, 3.63) is 16.6 Å². The maximum absolute atomic E-state index is 11.1. The highest BCUT2D eigenvalue weighted by Crippen LogP contribution is 2.01. The molecule has 1 atom stereocenters. The molecule has 0 saturated carbocycles. The lowest BCUT2D eigenvalue weighted by molar-refractivity contribution is -0.120. The topological polar surface area (TPSA) is 42.0 Å². The Kier molecular flexibility index (Phi) is 3.68. The number of carbonyl (C=O) groups is 1. The summed E-state index contributed by atoms with van der Waals surface area (Å²) >= 11 is 4.70. The van der Waals surface area contributed by atoms with Crippen molar-refractivity contribution in [2.24, 2.45) is 0 Å². The van der Waals surface area contributed by atoms with Crippen LogP contribution < -0.4 is 5.32 Å². The molecule has 12 heavy (non-hydrogen) atoms. The van der Waals surface area contributed by atoms with Gasteiger partial charge in [0.15, 0.2) is 0 Å². The van der Waals surface area contributed by atoms with Gasteiger partial charge in [0, 0.05) is 5.38 Å². The second kappa shape index (κ2) is 4.57. The van der Waals surface area contributed by atoms with E-state index in [2.05, 4.69) is 26.2 Å². The number of carbonyl (C=O) groups excluding carboxylic acids is 1. The highest BCUT2D eigenvalue weighted by Gasteiger charge is 2.07. The van der Waals surface area contributed by atoms with Gasteiger partial charge < -0.3 is 5.32 Å². The third kappa shape index (κ3) is 2.91. The van der Waals surface area contributed by atoms with Crippen LogP contribution >= 0.6 is 27.3 Å². The van der Waals surface area contributed by atoms with Crippen LogP contribution in [0.4, 0.5) is 0 Å². The number of nitrogens with one attached hydrogen (secondary N) is 1. The summed E-state index contributed by atoms with van der Waals surface area (Å²) < 4.78 is 0. The van der Waals surface area contributed by atoms with Crippen molar-refractivity contribution in [2.45, 2.75) is 18.3 Å². The summed E-state index contributed by atoms with van der Waals surface area (Å²) in [5.74, 6) is -0.0111. The molecule has 0 aliphatic carbocycles. The zero-order valence-electron chi connectivity index (χ0n) is 6.58. The van der Waals surface area contributed by atoms with Crippen molar-refractivity contribution in [3.8, 4) is 0 Å². The lowest BCUT2D eigenvalue weighted by Gasteiger charge is -2.03. The number of halogens is 1. The predicted octanol–water partition coefficient (Wildman–Crippen LogP) is 1.54. The molecular formula is C7H9BrN2OS. The van der Waals surface area contributed by atoms with E-state index in [1.807, 2.05) is 5.38 Å². The Hall–Kier alpha value is -0.420. The molecule has 0 aromatic carbocycles. The molecule has 0 saturated heterocycles. The summed E-state index contributed by atoms with van der Waals surface area (Å²) in [5.41, 5.74) is 2.65. The monoisotopic (exact) mass is 248 g/mol. The molecule has 1 aromatic rings. The fourth-order valence-corrected chi connectivity index (χ4v) is 1.36. The molecule has 1 aromatic heterocycles. The SMILES string of the molecule is CC(Br)C(=O)NCc1cscn1. The third-order valence-corrected chi connectivity index (χ3v) is 2.34. The van der Waals surface area contributed by atoms with Gasteiger partial charge in [0.1, 0.15) is 0 Å². The van der Waals surface area contributed by atoms with Crippen LogP contribution in [0.2, 0.25) is 0 Å². The Labute approximate surface area is 83.3 Å². The first-order valence-corrected chi connectivity index (χ1v) is 5.35. The summed E-state index contributed by atoms with van der Waals surface area (Å²) in [6.07, 6.45) is 0. The van der Waals surface area contributed by atoms with Crippen molar-refractivity contribution >= 4 is 33.2 Å². The van der Waals surface area contributed by atoms with Crippen LogP contribution in [-0.2, 0) is 11.3 Å². The minimum absolute atomic E-state index is 0.0111. The Morgan fingerprint density at radius 3 is 3.17 bits per heavy atom. The van der Waals surface area contributed by atoms with Gasteiger partial charge in [-0.3, -0.25) is 4.79 Å². The molecule has 1 amide bonds. The van der Waals surface area contributed by atoms with Gasteiger partial charge in [0.2, 0.25) is 5.91 Å². The second-order valence-electron chi connectivity index (χ2n) is 2.31. The van der Waals surface area contributed by atoms with Gasteiger partial charge >= 0.3 is 0 Å². The van der Waals surface area contributed by atoms with E-state index in [-0.39, 0.29) is 10.7 Å². The minimum atomic E-state index is -0.142. The zero-order chi connectivity index (χ0) is 8.97. The smallest absolute Gasteiger partial charge is 0.233 e. The van der Waals surface area contributed by atoms with Crippen LogP contribution in [0, 0.1) is 0 Å². The number of aromatic nitrogens is 1. The van der Waals surface area contributed by atoms with E-state index in [1.54, 1.807) is 12.4 Å². The maximum Gasteiger partial charge on any atom is 0.233 e. The van der Waals surface area contributed by atoms with Crippen molar-refractivity contribution in [1.82, 2.24) is 10.3 Å². The normalized spacial score (nSPS) is 12.5. The number of hydrogen-bond acceptors (Lipinski definition) is 3. The Balaban J connectivity index is 2.32. The van der Waals surface area contributed by atoms with E-state index in [1.165, 1.54) is 11.3 Å². The summed E-state index contributed by atoms with van der Waals surface area (Å²) in [6, 6.07) is 0. The van der Waals surface area contributed by atoms with Gasteiger partial charge in [0.25, 0.3) is 0 Å². The summed E-state index contributed by atoms with van der Waals surface area (Å²) in [7, 11) is 0. The summed E-state index contributed by atoms with van der Waals surface area (Å²) in [4.78, 5) is 14.9. The van der Waals surface area contributed by atoms with Crippen LogP contribution in [0.5, 0.6) is 0 Å². The van der Waals surface area contributed by atoms with E-state index in [0.717, 1.165) is 5.69 Å². The van der Waals surface area contributed by atoms with Crippen molar-refractivity contribution in [3.63, 3.8) is 0 Å². The van der Waals surface area contributed by atoms with Gasteiger partial charge in [-0.1, -0.05) is 15.9 Å². The van der Waals surface area contributed by atoms with Gasteiger partial charge in [-0.15, -0.1) is 11.3 Å².